The van der Waals surface area contributed by atoms with Gasteiger partial charge in [-0.2, -0.15) is 5.26 Å². The average Bonchev–Trinajstić information content (AvgIpc) is 2.55. The van der Waals surface area contributed by atoms with Crippen molar-refractivity contribution in [2.24, 2.45) is 0 Å². The Hall–Kier alpha value is -1.23. The molecule has 1 heterocycles. The minimum absolute atomic E-state index is 0.191. The van der Waals surface area contributed by atoms with Crippen LogP contribution in [0.1, 0.15) is 55.3 Å². The Labute approximate surface area is 112 Å². The van der Waals surface area contributed by atoms with Crippen LogP contribution in [0.5, 0.6) is 0 Å². The van der Waals surface area contributed by atoms with Crippen molar-refractivity contribution in [2.75, 3.05) is 0 Å². The number of pyridine rings is 1. The Morgan fingerprint density at radius 3 is 2.44 bits per heavy atom. The number of hydrogen-bond donors (Lipinski definition) is 0. The zero-order chi connectivity index (χ0) is 13.7. The zero-order valence-corrected chi connectivity index (χ0v) is 11.5. The Balaban J connectivity index is 2.84. The fraction of sp³-hybridized carbons (Fsp3) is 0.571. The summed E-state index contributed by atoms with van der Waals surface area (Å²) in [4.78, 5) is 4.62. The van der Waals surface area contributed by atoms with E-state index in [1.165, 1.54) is 0 Å². The molecule has 88 valence electrons. The van der Waals surface area contributed by atoms with Gasteiger partial charge in [0, 0.05) is 11.1 Å². The molecule has 4 radical (unpaired) electrons. The van der Waals surface area contributed by atoms with Crippen molar-refractivity contribution >= 4 is 15.7 Å². The highest BCUT2D eigenvalue weighted by Gasteiger charge is 2.36. The highest BCUT2D eigenvalue weighted by molar-refractivity contribution is 6.40. The fourth-order valence-electron chi connectivity index (χ4n) is 2.67. The minimum atomic E-state index is -0.895. The van der Waals surface area contributed by atoms with Gasteiger partial charge < -0.3 is 0 Å². The summed E-state index contributed by atoms with van der Waals surface area (Å²) in [7, 11) is 12.3. The predicted octanol–water partition coefficient (Wildman–Crippen LogP) is 2.00. The molecule has 0 aromatic carbocycles. The van der Waals surface area contributed by atoms with Gasteiger partial charge in [0.1, 0.15) is 6.07 Å². The van der Waals surface area contributed by atoms with Crippen LogP contribution in [0.3, 0.4) is 0 Å². The lowest BCUT2D eigenvalue weighted by atomic mass is 9.51. The molecule has 0 saturated carbocycles. The van der Waals surface area contributed by atoms with E-state index in [2.05, 4.69) is 11.1 Å². The molecule has 1 aliphatic carbocycles. The molecule has 2 rings (SSSR count). The molecule has 4 heteroatoms. The van der Waals surface area contributed by atoms with Gasteiger partial charge in [-0.05, 0) is 24.5 Å². The van der Waals surface area contributed by atoms with Crippen LogP contribution in [0.4, 0.5) is 0 Å². The second-order valence-corrected chi connectivity index (χ2v) is 6.18. The van der Waals surface area contributed by atoms with E-state index in [1.54, 1.807) is 0 Å². The van der Waals surface area contributed by atoms with Gasteiger partial charge in [0.2, 0.25) is 0 Å². The molecule has 1 aromatic rings. The van der Waals surface area contributed by atoms with Crippen LogP contribution in [0.2, 0.25) is 0 Å². The maximum atomic E-state index is 9.47. The van der Waals surface area contributed by atoms with Crippen LogP contribution >= 0.6 is 0 Å². The molecular formula is C14H16B2N2. The molecule has 1 aliphatic rings. The topological polar surface area (TPSA) is 36.7 Å². The van der Waals surface area contributed by atoms with E-state index in [-0.39, 0.29) is 5.41 Å². The van der Waals surface area contributed by atoms with E-state index in [4.69, 9.17) is 15.7 Å². The largest absolute Gasteiger partial charge is 0.256 e. The van der Waals surface area contributed by atoms with E-state index in [1.807, 2.05) is 27.7 Å². The normalized spacial score (nSPS) is 17.3. The van der Waals surface area contributed by atoms with Gasteiger partial charge in [0.15, 0.2) is 0 Å². The first-order valence-corrected chi connectivity index (χ1v) is 6.21. The molecule has 0 N–H and O–H groups in total. The first-order chi connectivity index (χ1) is 8.18. The number of nitriles is 1. The number of rotatable bonds is 0. The summed E-state index contributed by atoms with van der Waals surface area (Å²) < 4.78 is 0. The molecular weight excluding hydrogens is 218 g/mol. The summed E-state index contributed by atoms with van der Waals surface area (Å²) >= 11 is 0. The SMILES string of the molecule is [B]C1([B])CCc2c(C)nc(C(C)(C)C)c(C#N)c21. The van der Waals surface area contributed by atoms with Gasteiger partial charge in [0.25, 0.3) is 0 Å². The number of hydrogen-bond acceptors (Lipinski definition) is 2. The van der Waals surface area contributed by atoms with Gasteiger partial charge in [0.05, 0.1) is 26.9 Å². The Morgan fingerprint density at radius 1 is 1.33 bits per heavy atom. The lowest BCUT2D eigenvalue weighted by Crippen LogP contribution is -2.27. The monoisotopic (exact) mass is 234 g/mol. The lowest BCUT2D eigenvalue weighted by molar-refractivity contribution is 0.563. The van der Waals surface area contributed by atoms with Gasteiger partial charge in [-0.15, -0.1) is 0 Å². The second kappa shape index (κ2) is 3.88. The van der Waals surface area contributed by atoms with Gasteiger partial charge in [-0.25, -0.2) is 0 Å². The highest BCUT2D eigenvalue weighted by atomic mass is 14.7. The molecule has 0 aliphatic heterocycles. The third kappa shape index (κ3) is 1.86. The van der Waals surface area contributed by atoms with Crippen molar-refractivity contribution in [2.45, 2.75) is 51.2 Å². The maximum absolute atomic E-state index is 9.47. The maximum Gasteiger partial charge on any atom is 0.101 e. The standard InChI is InChI=1S/C14H16B2N2/c1-8-9-5-6-14(15,16)11(9)10(7-17)12(18-8)13(2,3)4/h5-6H2,1-4H3. The predicted molar refractivity (Wildman–Crippen MR) is 73.9 cm³/mol. The van der Waals surface area contributed by atoms with Crippen LogP contribution in [0.15, 0.2) is 0 Å². The molecule has 1 aromatic heterocycles. The third-order valence-electron chi connectivity index (χ3n) is 3.58. The number of fused-ring (bicyclic) bond motifs is 1. The number of nitrogens with zero attached hydrogens (tertiary/aromatic N) is 2. The van der Waals surface area contributed by atoms with Crippen molar-refractivity contribution in [3.05, 3.63) is 28.1 Å². The molecule has 18 heavy (non-hydrogen) atoms. The first-order valence-electron chi connectivity index (χ1n) is 6.21. The summed E-state index contributed by atoms with van der Waals surface area (Å²) in [5.41, 5.74) is 4.00. The van der Waals surface area contributed by atoms with Crippen molar-refractivity contribution in [1.29, 1.82) is 5.26 Å². The molecule has 0 spiro atoms. The molecule has 0 bridgehead atoms. The summed E-state index contributed by atoms with van der Waals surface area (Å²) in [6.07, 6.45) is 1.48. The quantitative estimate of drug-likeness (QED) is 0.643. The summed E-state index contributed by atoms with van der Waals surface area (Å²) in [5.74, 6) is 0. The van der Waals surface area contributed by atoms with Crippen LogP contribution in [-0.2, 0) is 17.0 Å². The Bertz CT molecular complexity index is 548. The van der Waals surface area contributed by atoms with E-state index in [0.29, 0.717) is 12.0 Å². The van der Waals surface area contributed by atoms with E-state index >= 15 is 0 Å². The third-order valence-corrected chi connectivity index (χ3v) is 3.58. The van der Waals surface area contributed by atoms with Gasteiger partial charge in [-0.3, -0.25) is 4.98 Å². The van der Waals surface area contributed by atoms with E-state index < -0.39 is 5.21 Å². The second-order valence-electron chi connectivity index (χ2n) is 6.18. The number of aromatic nitrogens is 1. The van der Waals surface area contributed by atoms with Crippen molar-refractivity contribution in [1.82, 2.24) is 4.98 Å². The summed E-state index contributed by atoms with van der Waals surface area (Å²) in [5, 5.41) is 8.57. The van der Waals surface area contributed by atoms with E-state index in [0.717, 1.165) is 28.9 Å². The van der Waals surface area contributed by atoms with Crippen LogP contribution in [0, 0.1) is 18.3 Å². The summed E-state index contributed by atoms with van der Waals surface area (Å²) in [6, 6.07) is 2.26. The summed E-state index contributed by atoms with van der Waals surface area (Å²) in [6.45, 7) is 8.11. The molecule has 0 saturated heterocycles. The molecule has 0 amide bonds. The van der Waals surface area contributed by atoms with Crippen LogP contribution < -0.4 is 0 Å². The van der Waals surface area contributed by atoms with Crippen molar-refractivity contribution in [3.8, 4) is 6.07 Å². The molecule has 0 atom stereocenters. The molecule has 2 nitrogen and oxygen atoms in total. The highest BCUT2D eigenvalue weighted by Crippen LogP contribution is 2.40. The molecule has 0 fully saturated rings. The fourth-order valence-corrected chi connectivity index (χ4v) is 2.67. The average molecular weight is 234 g/mol. The lowest BCUT2D eigenvalue weighted by Gasteiger charge is -2.27. The van der Waals surface area contributed by atoms with Crippen molar-refractivity contribution < 1.29 is 0 Å². The zero-order valence-electron chi connectivity index (χ0n) is 11.5. The van der Waals surface area contributed by atoms with Gasteiger partial charge in [-0.1, -0.05) is 32.4 Å². The Morgan fingerprint density at radius 2 is 1.94 bits per heavy atom. The first kappa shape index (κ1) is 13.2. The molecule has 0 unspecified atom stereocenters. The minimum Gasteiger partial charge on any atom is -0.256 e. The van der Waals surface area contributed by atoms with Crippen LogP contribution in [-0.4, -0.2) is 20.7 Å². The number of aryl methyl sites for hydroxylation is 1. The Kier molecular flexibility index (Phi) is 2.85. The van der Waals surface area contributed by atoms with Crippen LogP contribution in [0.25, 0.3) is 0 Å². The van der Waals surface area contributed by atoms with Gasteiger partial charge >= 0.3 is 0 Å². The van der Waals surface area contributed by atoms with E-state index in [9.17, 15) is 5.26 Å². The smallest absolute Gasteiger partial charge is 0.101 e. The van der Waals surface area contributed by atoms with Crippen molar-refractivity contribution in [3.63, 3.8) is 0 Å².